The fourth-order valence-electron chi connectivity index (χ4n) is 1.19. The lowest BCUT2D eigenvalue weighted by Crippen LogP contribution is -1.98. The molecule has 1 aromatic rings. The molecule has 0 atom stereocenters. The van der Waals surface area contributed by atoms with E-state index in [9.17, 15) is 0 Å². The normalized spacial score (nSPS) is 8.11. The molecule has 2 nitrogen and oxygen atoms in total. The predicted octanol–water partition coefficient (Wildman–Crippen LogP) is 5.00. The molecule has 102 valence electrons. The molecule has 0 saturated carbocycles. The summed E-state index contributed by atoms with van der Waals surface area (Å²) in [5, 5.41) is 7.48. The van der Waals surface area contributed by atoms with Gasteiger partial charge in [-0.2, -0.15) is 0 Å². The van der Waals surface area contributed by atoms with Gasteiger partial charge in [-0.25, -0.2) is 0 Å². The summed E-state index contributed by atoms with van der Waals surface area (Å²) >= 11 is 0. The van der Waals surface area contributed by atoms with Gasteiger partial charge in [-0.15, -0.1) is 0 Å². The molecule has 0 aliphatic rings. The summed E-state index contributed by atoms with van der Waals surface area (Å²) < 4.78 is 5.43. The van der Waals surface area contributed by atoms with Gasteiger partial charge in [0.2, 0.25) is 0 Å². The molecule has 0 fully saturated rings. The smallest absolute Gasteiger partial charge is 0.122 e. The first kappa shape index (κ1) is 18.8. The van der Waals surface area contributed by atoms with E-state index in [0.717, 1.165) is 16.9 Å². The maximum absolute atomic E-state index is 7.48. The van der Waals surface area contributed by atoms with Gasteiger partial charge in [0, 0.05) is 5.71 Å². The zero-order valence-electron chi connectivity index (χ0n) is 12.6. The Balaban J connectivity index is 0. The second kappa shape index (κ2) is 11.9. The van der Waals surface area contributed by atoms with Crippen LogP contribution in [0.1, 0.15) is 45.7 Å². The third-order valence-corrected chi connectivity index (χ3v) is 1.96. The van der Waals surface area contributed by atoms with Crippen molar-refractivity contribution in [3.63, 3.8) is 0 Å². The molecule has 2 heteroatoms. The summed E-state index contributed by atoms with van der Waals surface area (Å²) in [5.74, 6) is 0.856. The zero-order valence-corrected chi connectivity index (χ0v) is 12.6. The van der Waals surface area contributed by atoms with Crippen LogP contribution in [0.2, 0.25) is 0 Å². The van der Waals surface area contributed by atoms with Gasteiger partial charge in [-0.1, -0.05) is 40.3 Å². The molecule has 0 bridgehead atoms. The van der Waals surface area contributed by atoms with Crippen molar-refractivity contribution < 1.29 is 4.74 Å². The summed E-state index contributed by atoms with van der Waals surface area (Å²) in [4.78, 5) is 0. The molecule has 1 aromatic carbocycles. The van der Waals surface area contributed by atoms with E-state index in [2.05, 4.69) is 6.58 Å². The second-order valence-electron chi connectivity index (χ2n) is 3.20. The van der Waals surface area contributed by atoms with E-state index in [1.165, 1.54) is 0 Å². The van der Waals surface area contributed by atoms with E-state index in [4.69, 9.17) is 10.1 Å². The number of ether oxygens (including phenoxy) is 1. The van der Waals surface area contributed by atoms with Crippen LogP contribution in [0.25, 0.3) is 0 Å². The molecule has 0 amide bonds. The van der Waals surface area contributed by atoms with Crippen molar-refractivity contribution in [1.82, 2.24) is 0 Å². The van der Waals surface area contributed by atoms with E-state index in [0.29, 0.717) is 12.3 Å². The van der Waals surface area contributed by atoms with Gasteiger partial charge >= 0.3 is 0 Å². The molecule has 0 unspecified atom stereocenters. The molecule has 0 saturated heterocycles. The Bertz CT molecular complexity index is 356. The van der Waals surface area contributed by atoms with E-state index in [1.54, 1.807) is 13.0 Å². The molecule has 1 rings (SSSR count). The number of hydrogen-bond acceptors (Lipinski definition) is 2. The zero-order chi connectivity index (χ0) is 14.6. The third kappa shape index (κ3) is 6.89. The number of aryl methyl sites for hydroxylation is 1. The minimum absolute atomic E-state index is 0.518. The summed E-state index contributed by atoms with van der Waals surface area (Å²) in [6, 6.07) is 5.75. The standard InChI is InChI=1S/C12H15NO.2C2H6/c1-4-7-14-12-6-5-11(10(3)13)8-9(12)2;2*1-2/h4-6,8,13H,1,7H2,2-3H3;2*1-2H3. The monoisotopic (exact) mass is 249 g/mol. The molecule has 0 aliphatic heterocycles. The highest BCUT2D eigenvalue weighted by Gasteiger charge is 2.01. The largest absolute Gasteiger partial charge is 0.489 e. The van der Waals surface area contributed by atoms with Crippen LogP contribution in [0, 0.1) is 12.3 Å². The van der Waals surface area contributed by atoms with Gasteiger partial charge < -0.3 is 10.1 Å². The Morgan fingerprint density at radius 3 is 2.22 bits per heavy atom. The van der Waals surface area contributed by atoms with Crippen LogP contribution in [0.4, 0.5) is 0 Å². The lowest BCUT2D eigenvalue weighted by atomic mass is 10.1. The van der Waals surface area contributed by atoms with Crippen LogP contribution in [-0.4, -0.2) is 12.3 Å². The van der Waals surface area contributed by atoms with Gasteiger partial charge in [-0.3, -0.25) is 0 Å². The Morgan fingerprint density at radius 1 is 1.28 bits per heavy atom. The molecule has 18 heavy (non-hydrogen) atoms. The van der Waals surface area contributed by atoms with Gasteiger partial charge in [0.05, 0.1) is 0 Å². The summed E-state index contributed by atoms with van der Waals surface area (Å²) in [6.07, 6.45) is 1.72. The molecule has 0 aromatic heterocycles. The second-order valence-corrected chi connectivity index (χ2v) is 3.20. The van der Waals surface area contributed by atoms with Crippen molar-refractivity contribution in [2.45, 2.75) is 41.5 Å². The quantitative estimate of drug-likeness (QED) is 0.591. The first-order chi connectivity index (χ1) is 8.65. The molecule has 0 radical (unpaired) electrons. The van der Waals surface area contributed by atoms with E-state index >= 15 is 0 Å². The summed E-state index contributed by atoms with van der Waals surface area (Å²) in [7, 11) is 0. The first-order valence-corrected chi connectivity index (χ1v) is 6.55. The maximum Gasteiger partial charge on any atom is 0.122 e. The molecular weight excluding hydrogens is 222 g/mol. The van der Waals surface area contributed by atoms with Crippen molar-refractivity contribution in [3.8, 4) is 5.75 Å². The fraction of sp³-hybridized carbons (Fsp3) is 0.438. The third-order valence-electron chi connectivity index (χ3n) is 1.96. The molecular formula is C16H27NO. The molecule has 0 aliphatic carbocycles. The molecule has 1 N–H and O–H groups in total. The highest BCUT2D eigenvalue weighted by molar-refractivity contribution is 5.96. The van der Waals surface area contributed by atoms with Gasteiger partial charge in [0.15, 0.2) is 0 Å². The number of rotatable bonds is 4. The van der Waals surface area contributed by atoms with Gasteiger partial charge in [0.25, 0.3) is 0 Å². The number of benzene rings is 1. The predicted molar refractivity (Wildman–Crippen MR) is 82.1 cm³/mol. The average molecular weight is 249 g/mol. The van der Waals surface area contributed by atoms with Crippen LogP contribution >= 0.6 is 0 Å². The van der Waals surface area contributed by atoms with Crippen LogP contribution in [0.5, 0.6) is 5.75 Å². The highest BCUT2D eigenvalue weighted by Crippen LogP contribution is 2.19. The van der Waals surface area contributed by atoms with Crippen LogP contribution in [-0.2, 0) is 0 Å². The van der Waals surface area contributed by atoms with Crippen molar-refractivity contribution in [1.29, 1.82) is 5.41 Å². The van der Waals surface area contributed by atoms with E-state index in [-0.39, 0.29) is 0 Å². The van der Waals surface area contributed by atoms with E-state index < -0.39 is 0 Å². The minimum Gasteiger partial charge on any atom is -0.489 e. The lowest BCUT2D eigenvalue weighted by Gasteiger charge is -2.08. The molecule has 0 spiro atoms. The first-order valence-electron chi connectivity index (χ1n) is 6.55. The van der Waals surface area contributed by atoms with Gasteiger partial charge in [-0.05, 0) is 43.2 Å². The Morgan fingerprint density at radius 2 is 1.83 bits per heavy atom. The summed E-state index contributed by atoms with van der Waals surface area (Å²) in [6.45, 7) is 15.9. The fourth-order valence-corrected chi connectivity index (χ4v) is 1.19. The van der Waals surface area contributed by atoms with E-state index in [1.807, 2.05) is 52.8 Å². The van der Waals surface area contributed by atoms with Crippen LogP contribution < -0.4 is 4.74 Å². The Labute approximate surface area is 112 Å². The van der Waals surface area contributed by atoms with Crippen molar-refractivity contribution in [2.24, 2.45) is 0 Å². The van der Waals surface area contributed by atoms with Crippen molar-refractivity contribution in [2.75, 3.05) is 6.61 Å². The maximum atomic E-state index is 7.48. The lowest BCUT2D eigenvalue weighted by molar-refractivity contribution is 0.360. The van der Waals surface area contributed by atoms with Crippen LogP contribution in [0.15, 0.2) is 30.9 Å². The Kier molecular flexibility index (Phi) is 12.4. The SMILES string of the molecule is C=CCOc1ccc(C(C)=N)cc1C.CC.CC. The van der Waals surface area contributed by atoms with Crippen LogP contribution in [0.3, 0.4) is 0 Å². The van der Waals surface area contributed by atoms with Crippen molar-refractivity contribution in [3.05, 3.63) is 42.0 Å². The number of hydrogen-bond donors (Lipinski definition) is 1. The summed E-state index contributed by atoms with van der Waals surface area (Å²) in [5.41, 5.74) is 2.56. The van der Waals surface area contributed by atoms with Crippen molar-refractivity contribution >= 4 is 5.71 Å². The average Bonchev–Trinajstić information content (AvgIpc) is 2.41. The number of nitrogens with one attached hydrogen (secondary N) is 1. The topological polar surface area (TPSA) is 33.1 Å². The Hall–Kier alpha value is -1.57. The highest BCUT2D eigenvalue weighted by atomic mass is 16.5. The minimum atomic E-state index is 0.518. The molecule has 0 heterocycles. The van der Waals surface area contributed by atoms with Gasteiger partial charge in [0.1, 0.15) is 12.4 Å².